The molecule has 2 aromatic rings. The third-order valence-corrected chi connectivity index (χ3v) is 5.17. The fraction of sp³-hybridized carbons (Fsp3) is 0.500. The molecule has 4 nitrogen and oxygen atoms in total. The van der Waals surface area contributed by atoms with Crippen molar-refractivity contribution in [2.75, 3.05) is 6.61 Å². The number of carbonyl (C=O) groups is 1. The van der Waals surface area contributed by atoms with Gasteiger partial charge < -0.3 is 15.8 Å². The van der Waals surface area contributed by atoms with Crippen molar-refractivity contribution in [3.63, 3.8) is 0 Å². The number of aryl methyl sites for hydroxylation is 5. The molecule has 4 heteroatoms. The van der Waals surface area contributed by atoms with Gasteiger partial charge in [0.15, 0.2) is 5.78 Å². The summed E-state index contributed by atoms with van der Waals surface area (Å²) in [5.41, 5.74) is 12.1. The molecule has 0 unspecified atom stereocenters. The molecule has 0 amide bonds. The molecule has 2 rings (SSSR count). The van der Waals surface area contributed by atoms with Crippen LogP contribution in [0.25, 0.3) is 0 Å². The van der Waals surface area contributed by atoms with Crippen LogP contribution in [-0.2, 0) is 12.8 Å². The van der Waals surface area contributed by atoms with Crippen LogP contribution >= 0.6 is 0 Å². The van der Waals surface area contributed by atoms with Crippen LogP contribution in [0.15, 0.2) is 24.3 Å². The molecule has 0 radical (unpaired) electrons. The molecule has 0 aliphatic heterocycles. The highest BCUT2D eigenvalue weighted by Gasteiger charge is 2.18. The monoisotopic (exact) mass is 356 g/mol. The number of aromatic nitrogens is 1. The molecule has 0 aliphatic rings. The lowest BCUT2D eigenvalue weighted by molar-refractivity contribution is 0.0976. The lowest BCUT2D eigenvalue weighted by atomic mass is 9.96. The van der Waals surface area contributed by atoms with E-state index in [2.05, 4.69) is 37.0 Å². The molecule has 0 fully saturated rings. The van der Waals surface area contributed by atoms with E-state index in [1.54, 1.807) is 0 Å². The Bertz CT molecular complexity index is 759. The largest absolute Gasteiger partial charge is 0.394 e. The molecule has 1 aromatic carbocycles. The summed E-state index contributed by atoms with van der Waals surface area (Å²) in [6.07, 6.45) is 3.71. The van der Waals surface area contributed by atoms with E-state index >= 15 is 0 Å². The molecule has 1 atom stereocenters. The number of H-pyrrole nitrogens is 1. The van der Waals surface area contributed by atoms with E-state index < -0.39 is 5.54 Å². The maximum Gasteiger partial charge on any atom is 0.179 e. The predicted molar refractivity (Wildman–Crippen MR) is 107 cm³/mol. The Morgan fingerprint density at radius 2 is 1.85 bits per heavy atom. The van der Waals surface area contributed by atoms with E-state index in [0.717, 1.165) is 30.5 Å². The second kappa shape index (κ2) is 8.65. The molecular formula is C22H32N2O2. The Hall–Kier alpha value is -1.91. The maximum absolute atomic E-state index is 12.5. The number of aromatic amines is 1. The second-order valence-electron chi connectivity index (χ2n) is 7.85. The SMILES string of the molecule is Cc1ccc(CCCC(=O)c2cc(C)c(CC[C@@](C)(N)CO)[nH]2)cc1C. The van der Waals surface area contributed by atoms with Crippen molar-refractivity contribution < 1.29 is 9.90 Å². The number of carbonyl (C=O) groups excluding carboxylic acids is 1. The van der Waals surface area contributed by atoms with Crippen molar-refractivity contribution in [3.05, 3.63) is 57.9 Å². The highest BCUT2D eigenvalue weighted by atomic mass is 16.3. The van der Waals surface area contributed by atoms with Gasteiger partial charge in [-0.2, -0.15) is 0 Å². The summed E-state index contributed by atoms with van der Waals surface area (Å²) in [5.74, 6) is 0.154. The average molecular weight is 357 g/mol. The van der Waals surface area contributed by atoms with Crippen molar-refractivity contribution in [2.45, 2.75) is 65.3 Å². The topological polar surface area (TPSA) is 79.1 Å². The Labute approximate surface area is 156 Å². The van der Waals surface area contributed by atoms with Crippen molar-refractivity contribution >= 4 is 5.78 Å². The van der Waals surface area contributed by atoms with Gasteiger partial charge in [0.05, 0.1) is 12.3 Å². The van der Waals surface area contributed by atoms with Crippen molar-refractivity contribution in [1.82, 2.24) is 4.98 Å². The highest BCUT2D eigenvalue weighted by Crippen LogP contribution is 2.18. The maximum atomic E-state index is 12.5. The minimum absolute atomic E-state index is 0.0446. The summed E-state index contributed by atoms with van der Waals surface area (Å²) < 4.78 is 0. The van der Waals surface area contributed by atoms with E-state index in [1.165, 1.54) is 16.7 Å². The zero-order valence-electron chi connectivity index (χ0n) is 16.5. The summed E-state index contributed by atoms with van der Waals surface area (Å²) in [5, 5.41) is 9.27. The first-order valence-corrected chi connectivity index (χ1v) is 9.39. The number of hydrogen-bond donors (Lipinski definition) is 3. The van der Waals surface area contributed by atoms with E-state index in [9.17, 15) is 9.90 Å². The number of rotatable bonds is 9. The summed E-state index contributed by atoms with van der Waals surface area (Å²) in [7, 11) is 0. The van der Waals surface area contributed by atoms with Crippen LogP contribution in [0, 0.1) is 20.8 Å². The summed E-state index contributed by atoms with van der Waals surface area (Å²) in [6.45, 7) is 8.03. The van der Waals surface area contributed by atoms with Crippen LogP contribution in [0.5, 0.6) is 0 Å². The lowest BCUT2D eigenvalue weighted by Gasteiger charge is -2.21. The third kappa shape index (κ3) is 5.55. The van der Waals surface area contributed by atoms with Gasteiger partial charge in [-0.15, -0.1) is 0 Å². The molecule has 0 saturated carbocycles. The summed E-state index contributed by atoms with van der Waals surface area (Å²) in [4.78, 5) is 15.7. The van der Waals surface area contributed by atoms with Crippen LogP contribution in [0.3, 0.4) is 0 Å². The van der Waals surface area contributed by atoms with Crippen LogP contribution in [0.4, 0.5) is 0 Å². The average Bonchev–Trinajstić information content (AvgIpc) is 2.97. The zero-order chi connectivity index (χ0) is 19.3. The minimum atomic E-state index is -0.589. The summed E-state index contributed by atoms with van der Waals surface area (Å²) >= 11 is 0. The van der Waals surface area contributed by atoms with Gasteiger partial charge in [-0.25, -0.2) is 0 Å². The lowest BCUT2D eigenvalue weighted by Crippen LogP contribution is -2.40. The van der Waals surface area contributed by atoms with Gasteiger partial charge in [0.1, 0.15) is 0 Å². The number of aliphatic hydroxyl groups excluding tert-OH is 1. The molecule has 4 N–H and O–H groups in total. The van der Waals surface area contributed by atoms with Crippen molar-refractivity contribution in [1.29, 1.82) is 0 Å². The van der Waals surface area contributed by atoms with Gasteiger partial charge in [-0.1, -0.05) is 18.2 Å². The van der Waals surface area contributed by atoms with E-state index in [1.807, 2.05) is 19.9 Å². The number of ketones is 1. The van der Waals surface area contributed by atoms with Gasteiger partial charge in [0, 0.05) is 17.7 Å². The first-order valence-electron chi connectivity index (χ1n) is 9.39. The standard InChI is InChI=1S/C22H32N2O2/c1-15-8-9-18(12-16(15)2)6-5-7-21(26)20-13-17(3)19(24-20)10-11-22(4,23)14-25/h8-9,12-13,24-25H,5-7,10-11,14,23H2,1-4H3/t22-/m1/s1. The first-order chi connectivity index (χ1) is 12.2. The normalized spacial score (nSPS) is 13.6. The van der Waals surface area contributed by atoms with Gasteiger partial charge in [-0.3, -0.25) is 4.79 Å². The van der Waals surface area contributed by atoms with Crippen LogP contribution in [0.1, 0.15) is 64.6 Å². The zero-order valence-corrected chi connectivity index (χ0v) is 16.5. The van der Waals surface area contributed by atoms with E-state index in [-0.39, 0.29) is 12.4 Å². The van der Waals surface area contributed by atoms with Gasteiger partial charge >= 0.3 is 0 Å². The quantitative estimate of drug-likeness (QED) is 0.598. The molecule has 1 heterocycles. The Balaban J connectivity index is 1.89. The highest BCUT2D eigenvalue weighted by molar-refractivity contribution is 5.94. The fourth-order valence-corrected chi connectivity index (χ4v) is 3.05. The van der Waals surface area contributed by atoms with Crippen molar-refractivity contribution in [3.8, 4) is 0 Å². The Morgan fingerprint density at radius 3 is 2.50 bits per heavy atom. The minimum Gasteiger partial charge on any atom is -0.394 e. The predicted octanol–water partition coefficient (Wildman–Crippen LogP) is 3.79. The number of nitrogens with one attached hydrogen (secondary N) is 1. The Morgan fingerprint density at radius 1 is 1.12 bits per heavy atom. The molecule has 0 aliphatic carbocycles. The molecule has 1 aromatic heterocycles. The number of Topliss-reactive ketones (excluding diaryl/α,β-unsaturated/α-hetero) is 1. The van der Waals surface area contributed by atoms with Crippen molar-refractivity contribution in [2.24, 2.45) is 5.73 Å². The van der Waals surface area contributed by atoms with Gasteiger partial charge in [-0.05, 0) is 81.7 Å². The molecule has 26 heavy (non-hydrogen) atoms. The third-order valence-electron chi connectivity index (χ3n) is 5.17. The fourth-order valence-electron chi connectivity index (χ4n) is 3.05. The van der Waals surface area contributed by atoms with E-state index in [0.29, 0.717) is 18.5 Å². The summed E-state index contributed by atoms with van der Waals surface area (Å²) in [6, 6.07) is 8.43. The molecular weight excluding hydrogens is 324 g/mol. The second-order valence-corrected chi connectivity index (χ2v) is 7.85. The number of hydrogen-bond acceptors (Lipinski definition) is 3. The molecule has 0 spiro atoms. The number of nitrogens with two attached hydrogens (primary N) is 1. The smallest absolute Gasteiger partial charge is 0.179 e. The van der Waals surface area contributed by atoms with Crippen LogP contribution in [0.2, 0.25) is 0 Å². The molecule has 142 valence electrons. The van der Waals surface area contributed by atoms with Gasteiger partial charge in [0.25, 0.3) is 0 Å². The number of aliphatic hydroxyl groups is 1. The van der Waals surface area contributed by atoms with Crippen LogP contribution < -0.4 is 5.73 Å². The Kier molecular flexibility index (Phi) is 6.79. The number of benzene rings is 1. The van der Waals surface area contributed by atoms with Crippen LogP contribution in [-0.4, -0.2) is 28.0 Å². The first kappa shape index (κ1) is 20.4. The van der Waals surface area contributed by atoms with Gasteiger partial charge in [0.2, 0.25) is 0 Å². The molecule has 0 saturated heterocycles. The van der Waals surface area contributed by atoms with E-state index in [4.69, 9.17) is 5.73 Å². The molecule has 0 bridgehead atoms.